The largest absolute Gasteiger partial charge is 0.321 e. The van der Waals surface area contributed by atoms with Crippen LogP contribution < -0.4 is 5.73 Å². The van der Waals surface area contributed by atoms with E-state index in [-0.39, 0.29) is 11.0 Å². The molecule has 2 rings (SSSR count). The molecule has 1 fully saturated rings. The summed E-state index contributed by atoms with van der Waals surface area (Å²) < 4.78 is 0. The Hall–Kier alpha value is -0.820. The topological polar surface area (TPSA) is 26.0 Å². The molecule has 0 bridgehead atoms. The van der Waals surface area contributed by atoms with Gasteiger partial charge in [-0.1, -0.05) is 56.5 Å². The molecule has 0 amide bonds. The molecular weight excluding hydrogens is 194 g/mol. The SMILES string of the molecule is Cc1ccc(C2(N)CCCCC2(C)C)cc1. The fourth-order valence-corrected chi connectivity index (χ4v) is 2.92. The van der Waals surface area contributed by atoms with Crippen molar-refractivity contribution in [3.8, 4) is 0 Å². The minimum atomic E-state index is -0.140. The second-order valence-corrected chi connectivity index (χ2v) is 5.93. The third-order valence-corrected chi connectivity index (χ3v) is 4.40. The van der Waals surface area contributed by atoms with E-state index < -0.39 is 0 Å². The van der Waals surface area contributed by atoms with Gasteiger partial charge in [-0.3, -0.25) is 0 Å². The van der Waals surface area contributed by atoms with E-state index in [0.29, 0.717) is 0 Å². The zero-order valence-electron chi connectivity index (χ0n) is 10.7. The summed E-state index contributed by atoms with van der Waals surface area (Å²) in [5.41, 5.74) is 9.39. The van der Waals surface area contributed by atoms with Gasteiger partial charge in [0.1, 0.15) is 0 Å². The zero-order chi connectivity index (χ0) is 11.8. The lowest BCUT2D eigenvalue weighted by atomic mass is 9.61. The first kappa shape index (κ1) is 11.7. The van der Waals surface area contributed by atoms with Gasteiger partial charge in [-0.05, 0) is 30.7 Å². The summed E-state index contributed by atoms with van der Waals surface area (Å²) in [4.78, 5) is 0. The van der Waals surface area contributed by atoms with Gasteiger partial charge in [0, 0.05) is 5.54 Å². The van der Waals surface area contributed by atoms with Gasteiger partial charge >= 0.3 is 0 Å². The van der Waals surface area contributed by atoms with E-state index in [4.69, 9.17) is 5.73 Å². The Bertz CT molecular complexity index is 364. The monoisotopic (exact) mass is 217 g/mol. The van der Waals surface area contributed by atoms with E-state index in [2.05, 4.69) is 45.0 Å². The van der Waals surface area contributed by atoms with Crippen LogP contribution in [0.5, 0.6) is 0 Å². The molecule has 0 saturated heterocycles. The first-order chi connectivity index (χ1) is 7.46. The predicted molar refractivity (Wildman–Crippen MR) is 69.3 cm³/mol. The predicted octanol–water partition coefficient (Wildman–Crippen LogP) is 3.75. The van der Waals surface area contributed by atoms with Crippen molar-refractivity contribution in [2.75, 3.05) is 0 Å². The molecule has 0 spiro atoms. The van der Waals surface area contributed by atoms with E-state index in [1.807, 2.05) is 0 Å². The van der Waals surface area contributed by atoms with Crippen LogP contribution in [0, 0.1) is 12.3 Å². The maximum atomic E-state index is 6.71. The van der Waals surface area contributed by atoms with Gasteiger partial charge in [0.25, 0.3) is 0 Å². The standard InChI is InChI=1S/C15H23N/c1-12-6-8-13(9-7-12)15(16)11-5-4-10-14(15,2)3/h6-9H,4-5,10-11,16H2,1-3H3. The molecule has 0 radical (unpaired) electrons. The molecule has 88 valence electrons. The lowest BCUT2D eigenvalue weighted by molar-refractivity contribution is 0.0978. The molecule has 16 heavy (non-hydrogen) atoms. The molecule has 0 heterocycles. The Morgan fingerprint density at radius 1 is 1.00 bits per heavy atom. The van der Waals surface area contributed by atoms with Crippen LogP contribution in [0.25, 0.3) is 0 Å². The summed E-state index contributed by atoms with van der Waals surface area (Å²) in [7, 11) is 0. The summed E-state index contributed by atoms with van der Waals surface area (Å²) in [6.07, 6.45) is 4.92. The zero-order valence-corrected chi connectivity index (χ0v) is 10.7. The number of hydrogen-bond donors (Lipinski definition) is 1. The highest BCUT2D eigenvalue weighted by Crippen LogP contribution is 2.48. The summed E-state index contributed by atoms with van der Waals surface area (Å²) in [6.45, 7) is 6.75. The Balaban J connectivity index is 2.39. The van der Waals surface area contributed by atoms with Crippen molar-refractivity contribution in [1.82, 2.24) is 0 Å². The number of nitrogens with two attached hydrogens (primary N) is 1. The maximum Gasteiger partial charge on any atom is 0.0461 e. The lowest BCUT2D eigenvalue weighted by Crippen LogP contribution is -2.51. The Morgan fingerprint density at radius 2 is 1.56 bits per heavy atom. The number of rotatable bonds is 1. The molecule has 1 aromatic carbocycles. The van der Waals surface area contributed by atoms with Crippen LogP contribution >= 0.6 is 0 Å². The molecule has 1 unspecified atom stereocenters. The molecule has 1 saturated carbocycles. The fourth-order valence-electron chi connectivity index (χ4n) is 2.92. The third-order valence-electron chi connectivity index (χ3n) is 4.40. The smallest absolute Gasteiger partial charge is 0.0461 e. The molecule has 0 aliphatic heterocycles. The second kappa shape index (κ2) is 3.89. The van der Waals surface area contributed by atoms with E-state index in [1.165, 1.54) is 30.4 Å². The highest BCUT2D eigenvalue weighted by Gasteiger charge is 2.44. The molecule has 0 aromatic heterocycles. The Kier molecular flexibility index (Phi) is 2.83. The molecular formula is C15H23N. The Morgan fingerprint density at radius 3 is 2.12 bits per heavy atom. The minimum absolute atomic E-state index is 0.140. The van der Waals surface area contributed by atoms with Crippen molar-refractivity contribution in [1.29, 1.82) is 0 Å². The van der Waals surface area contributed by atoms with Gasteiger partial charge in [0.2, 0.25) is 0 Å². The van der Waals surface area contributed by atoms with Crippen molar-refractivity contribution >= 4 is 0 Å². The molecule has 1 aliphatic carbocycles. The number of benzene rings is 1. The van der Waals surface area contributed by atoms with E-state index in [9.17, 15) is 0 Å². The van der Waals surface area contributed by atoms with Crippen LogP contribution in [0.2, 0.25) is 0 Å². The van der Waals surface area contributed by atoms with Gasteiger partial charge < -0.3 is 5.73 Å². The van der Waals surface area contributed by atoms with Crippen LogP contribution in [-0.2, 0) is 5.54 Å². The van der Waals surface area contributed by atoms with Crippen molar-refractivity contribution < 1.29 is 0 Å². The van der Waals surface area contributed by atoms with Crippen molar-refractivity contribution in [2.45, 2.75) is 52.0 Å². The quantitative estimate of drug-likeness (QED) is 0.761. The summed E-state index contributed by atoms with van der Waals surface area (Å²) >= 11 is 0. The van der Waals surface area contributed by atoms with E-state index in [1.54, 1.807) is 0 Å². The highest BCUT2D eigenvalue weighted by atomic mass is 14.8. The van der Waals surface area contributed by atoms with Crippen LogP contribution in [0.15, 0.2) is 24.3 Å². The van der Waals surface area contributed by atoms with Gasteiger partial charge in [-0.2, -0.15) is 0 Å². The minimum Gasteiger partial charge on any atom is -0.321 e. The number of hydrogen-bond acceptors (Lipinski definition) is 1. The molecule has 1 atom stereocenters. The van der Waals surface area contributed by atoms with Crippen LogP contribution in [0.3, 0.4) is 0 Å². The Labute approximate surface area is 99.0 Å². The van der Waals surface area contributed by atoms with Crippen LogP contribution in [-0.4, -0.2) is 0 Å². The average Bonchev–Trinajstić information content (AvgIpc) is 2.23. The van der Waals surface area contributed by atoms with Gasteiger partial charge in [0.15, 0.2) is 0 Å². The molecule has 1 aliphatic rings. The molecule has 1 heteroatoms. The molecule has 1 nitrogen and oxygen atoms in total. The second-order valence-electron chi connectivity index (χ2n) is 5.93. The molecule has 2 N–H and O–H groups in total. The summed E-state index contributed by atoms with van der Waals surface area (Å²) in [5.74, 6) is 0. The fraction of sp³-hybridized carbons (Fsp3) is 0.600. The first-order valence-electron chi connectivity index (χ1n) is 6.32. The lowest BCUT2D eigenvalue weighted by Gasteiger charge is -2.48. The van der Waals surface area contributed by atoms with Gasteiger partial charge in [0.05, 0.1) is 0 Å². The van der Waals surface area contributed by atoms with Gasteiger partial charge in [-0.25, -0.2) is 0 Å². The first-order valence-corrected chi connectivity index (χ1v) is 6.32. The van der Waals surface area contributed by atoms with E-state index >= 15 is 0 Å². The van der Waals surface area contributed by atoms with E-state index in [0.717, 1.165) is 6.42 Å². The third kappa shape index (κ3) is 1.78. The number of aryl methyl sites for hydroxylation is 1. The van der Waals surface area contributed by atoms with Crippen molar-refractivity contribution in [3.05, 3.63) is 35.4 Å². The highest BCUT2D eigenvalue weighted by molar-refractivity contribution is 5.30. The van der Waals surface area contributed by atoms with Crippen molar-refractivity contribution in [3.63, 3.8) is 0 Å². The van der Waals surface area contributed by atoms with Crippen molar-refractivity contribution in [2.24, 2.45) is 11.1 Å². The van der Waals surface area contributed by atoms with Crippen LogP contribution in [0.1, 0.15) is 50.7 Å². The summed E-state index contributed by atoms with van der Waals surface area (Å²) in [5, 5.41) is 0. The maximum absolute atomic E-state index is 6.71. The average molecular weight is 217 g/mol. The summed E-state index contributed by atoms with van der Waals surface area (Å²) in [6, 6.07) is 8.77. The molecule has 1 aromatic rings. The normalized spacial score (nSPS) is 29.0. The van der Waals surface area contributed by atoms with Crippen LogP contribution in [0.4, 0.5) is 0 Å². The van der Waals surface area contributed by atoms with Gasteiger partial charge in [-0.15, -0.1) is 0 Å².